The van der Waals surface area contributed by atoms with Crippen LogP contribution in [0.15, 0.2) is 78.5 Å². The van der Waals surface area contributed by atoms with Gasteiger partial charge in [-0.05, 0) is 28.5 Å². The number of fused-ring (bicyclic) bond motifs is 1. The highest BCUT2D eigenvalue weighted by molar-refractivity contribution is 7.98. The number of allylic oxidation sites excluding steroid dienone is 1. The molecule has 4 rings (SSSR count). The second-order valence-corrected chi connectivity index (χ2v) is 8.37. The van der Waals surface area contributed by atoms with E-state index in [1.807, 2.05) is 10.6 Å². The molecule has 0 aliphatic carbocycles. The zero-order valence-corrected chi connectivity index (χ0v) is 18.4. The lowest BCUT2D eigenvalue weighted by Gasteiger charge is -2.11. The van der Waals surface area contributed by atoms with E-state index < -0.39 is 0 Å². The summed E-state index contributed by atoms with van der Waals surface area (Å²) in [5.41, 5.74) is 1.26. The Labute approximate surface area is 189 Å². The maximum atomic E-state index is 6.19. The van der Waals surface area contributed by atoms with Crippen molar-refractivity contribution in [3.63, 3.8) is 0 Å². The maximum absolute atomic E-state index is 6.19. The van der Waals surface area contributed by atoms with Gasteiger partial charge in [0.15, 0.2) is 11.0 Å². The summed E-state index contributed by atoms with van der Waals surface area (Å²) in [4.78, 5) is 0. The summed E-state index contributed by atoms with van der Waals surface area (Å²) >= 11 is 13.9. The van der Waals surface area contributed by atoms with E-state index in [0.717, 1.165) is 10.9 Å². The van der Waals surface area contributed by atoms with Crippen molar-refractivity contribution in [3.05, 3.63) is 94.8 Å². The van der Waals surface area contributed by atoms with Crippen LogP contribution in [-0.4, -0.2) is 14.8 Å². The molecular formula is C23H19Cl2N3OS. The lowest BCUT2D eigenvalue weighted by Crippen LogP contribution is -2.07. The van der Waals surface area contributed by atoms with Gasteiger partial charge in [-0.1, -0.05) is 83.5 Å². The average molecular weight is 456 g/mol. The van der Waals surface area contributed by atoms with E-state index >= 15 is 0 Å². The molecule has 0 amide bonds. The second kappa shape index (κ2) is 9.56. The summed E-state index contributed by atoms with van der Waals surface area (Å²) in [6, 6.07) is 19.9. The molecule has 30 heavy (non-hydrogen) atoms. The van der Waals surface area contributed by atoms with Gasteiger partial charge in [0.25, 0.3) is 0 Å². The van der Waals surface area contributed by atoms with Crippen molar-refractivity contribution < 1.29 is 4.74 Å². The SMILES string of the molecule is C=CCn1c(COc2cc(Cl)ccc2Cl)nnc1SCc1cccc2ccccc12. The van der Waals surface area contributed by atoms with Crippen LogP contribution >= 0.6 is 35.0 Å². The molecule has 0 aliphatic rings. The average Bonchev–Trinajstić information content (AvgIpc) is 3.14. The number of hydrogen-bond acceptors (Lipinski definition) is 4. The smallest absolute Gasteiger partial charge is 0.191 e. The normalized spacial score (nSPS) is 11.0. The van der Waals surface area contributed by atoms with Crippen LogP contribution in [0.3, 0.4) is 0 Å². The lowest BCUT2D eigenvalue weighted by molar-refractivity contribution is 0.289. The van der Waals surface area contributed by atoms with E-state index in [4.69, 9.17) is 27.9 Å². The van der Waals surface area contributed by atoms with Crippen LogP contribution in [0.4, 0.5) is 0 Å². The molecule has 4 nitrogen and oxygen atoms in total. The Morgan fingerprint density at radius 3 is 2.73 bits per heavy atom. The number of nitrogens with zero attached hydrogens (tertiary/aromatic N) is 3. The molecule has 0 unspecified atom stereocenters. The van der Waals surface area contributed by atoms with Gasteiger partial charge in [-0.2, -0.15) is 0 Å². The Morgan fingerprint density at radius 1 is 1.03 bits per heavy atom. The van der Waals surface area contributed by atoms with Crippen LogP contribution in [0.1, 0.15) is 11.4 Å². The third-order valence-electron chi connectivity index (χ3n) is 4.59. The van der Waals surface area contributed by atoms with E-state index in [0.29, 0.717) is 28.2 Å². The Balaban J connectivity index is 1.52. The minimum absolute atomic E-state index is 0.232. The molecule has 0 saturated heterocycles. The van der Waals surface area contributed by atoms with E-state index in [2.05, 4.69) is 59.2 Å². The molecule has 0 radical (unpaired) electrons. The molecule has 0 bridgehead atoms. The van der Waals surface area contributed by atoms with Gasteiger partial charge in [-0.15, -0.1) is 16.8 Å². The van der Waals surface area contributed by atoms with Crippen LogP contribution < -0.4 is 4.74 Å². The van der Waals surface area contributed by atoms with Crippen molar-refractivity contribution in [2.45, 2.75) is 24.1 Å². The summed E-state index contributed by atoms with van der Waals surface area (Å²) in [5.74, 6) is 2.01. The standard InChI is InChI=1S/C23H19Cl2N3OS/c1-2-12-28-22(14-29-21-13-18(24)10-11-20(21)25)26-27-23(28)30-15-17-8-5-7-16-6-3-4-9-19(16)17/h2-11,13H,1,12,14-15H2. The molecule has 3 aromatic carbocycles. The first kappa shape index (κ1) is 20.8. The Hall–Kier alpha value is -2.47. The molecule has 1 heterocycles. The van der Waals surface area contributed by atoms with Crippen molar-refractivity contribution in [3.8, 4) is 5.75 Å². The van der Waals surface area contributed by atoms with Crippen molar-refractivity contribution in [1.82, 2.24) is 14.8 Å². The molecule has 0 saturated carbocycles. The van der Waals surface area contributed by atoms with E-state index in [-0.39, 0.29) is 6.61 Å². The van der Waals surface area contributed by atoms with Gasteiger partial charge in [0.2, 0.25) is 0 Å². The van der Waals surface area contributed by atoms with Gasteiger partial charge in [0.1, 0.15) is 12.4 Å². The first-order valence-corrected chi connectivity index (χ1v) is 11.1. The van der Waals surface area contributed by atoms with Crippen LogP contribution in [0.5, 0.6) is 5.75 Å². The summed E-state index contributed by atoms with van der Waals surface area (Å²) in [6.45, 7) is 4.68. The molecule has 0 N–H and O–H groups in total. The van der Waals surface area contributed by atoms with Crippen LogP contribution in [0.2, 0.25) is 10.0 Å². The van der Waals surface area contributed by atoms with Gasteiger partial charge in [-0.3, -0.25) is 4.57 Å². The molecular weight excluding hydrogens is 437 g/mol. The summed E-state index contributed by atoms with van der Waals surface area (Å²) < 4.78 is 7.84. The molecule has 152 valence electrons. The lowest BCUT2D eigenvalue weighted by atomic mass is 10.1. The van der Waals surface area contributed by atoms with Gasteiger partial charge >= 0.3 is 0 Å². The minimum Gasteiger partial charge on any atom is -0.484 e. The van der Waals surface area contributed by atoms with Crippen LogP contribution in [0, 0.1) is 0 Å². The van der Waals surface area contributed by atoms with E-state index in [1.54, 1.807) is 30.0 Å². The predicted octanol–water partition coefficient (Wildman–Crippen LogP) is 6.80. The van der Waals surface area contributed by atoms with Crippen LogP contribution in [-0.2, 0) is 18.9 Å². The molecule has 4 aromatic rings. The van der Waals surface area contributed by atoms with Crippen molar-refractivity contribution in [1.29, 1.82) is 0 Å². The predicted molar refractivity (Wildman–Crippen MR) is 125 cm³/mol. The number of ether oxygens (including phenoxy) is 1. The highest BCUT2D eigenvalue weighted by atomic mass is 35.5. The van der Waals surface area contributed by atoms with Crippen molar-refractivity contribution in [2.75, 3.05) is 0 Å². The fraction of sp³-hybridized carbons (Fsp3) is 0.130. The number of hydrogen-bond donors (Lipinski definition) is 0. The zero-order chi connectivity index (χ0) is 20.9. The minimum atomic E-state index is 0.232. The Bertz CT molecular complexity index is 1190. The number of rotatable bonds is 8. The third kappa shape index (κ3) is 4.64. The summed E-state index contributed by atoms with van der Waals surface area (Å²) in [6.07, 6.45) is 1.82. The van der Waals surface area contributed by atoms with E-state index in [9.17, 15) is 0 Å². The fourth-order valence-corrected chi connectivity index (χ4v) is 4.44. The van der Waals surface area contributed by atoms with Gasteiger partial charge in [-0.25, -0.2) is 0 Å². The Kier molecular flexibility index (Phi) is 6.62. The highest BCUT2D eigenvalue weighted by Gasteiger charge is 2.14. The number of aromatic nitrogens is 3. The number of thioether (sulfide) groups is 1. The highest BCUT2D eigenvalue weighted by Crippen LogP contribution is 2.30. The first-order chi connectivity index (χ1) is 14.7. The molecule has 7 heteroatoms. The summed E-state index contributed by atoms with van der Waals surface area (Å²) in [7, 11) is 0. The second-order valence-electron chi connectivity index (χ2n) is 6.59. The van der Waals surface area contributed by atoms with Crippen molar-refractivity contribution in [2.24, 2.45) is 0 Å². The molecule has 0 fully saturated rings. The van der Waals surface area contributed by atoms with Gasteiger partial charge < -0.3 is 4.74 Å². The van der Waals surface area contributed by atoms with Crippen LogP contribution in [0.25, 0.3) is 10.8 Å². The number of halogens is 2. The summed E-state index contributed by atoms with van der Waals surface area (Å²) in [5, 5.41) is 13.1. The quantitative estimate of drug-likeness (QED) is 0.216. The third-order valence-corrected chi connectivity index (χ3v) is 6.15. The topological polar surface area (TPSA) is 39.9 Å². The van der Waals surface area contributed by atoms with Gasteiger partial charge in [0.05, 0.1) is 5.02 Å². The van der Waals surface area contributed by atoms with E-state index in [1.165, 1.54) is 16.3 Å². The molecule has 0 aliphatic heterocycles. The first-order valence-electron chi connectivity index (χ1n) is 9.36. The number of benzene rings is 3. The molecule has 0 atom stereocenters. The van der Waals surface area contributed by atoms with Gasteiger partial charge in [0, 0.05) is 23.4 Å². The maximum Gasteiger partial charge on any atom is 0.191 e. The Morgan fingerprint density at radius 2 is 1.87 bits per heavy atom. The monoisotopic (exact) mass is 455 g/mol. The largest absolute Gasteiger partial charge is 0.484 e. The fourth-order valence-electron chi connectivity index (χ4n) is 3.14. The molecule has 1 aromatic heterocycles. The molecule has 0 spiro atoms. The zero-order valence-electron chi connectivity index (χ0n) is 16.1. The van der Waals surface area contributed by atoms with Crippen molar-refractivity contribution >= 4 is 45.7 Å².